The summed E-state index contributed by atoms with van der Waals surface area (Å²) < 4.78 is 18.1. The number of nitrogens with one attached hydrogen (secondary N) is 1. The van der Waals surface area contributed by atoms with Gasteiger partial charge in [0.1, 0.15) is 12.1 Å². The fourth-order valence-electron chi connectivity index (χ4n) is 1.77. The number of hydrogen-bond donors (Lipinski definition) is 2. The van der Waals surface area contributed by atoms with Crippen molar-refractivity contribution >= 4 is 11.6 Å². The summed E-state index contributed by atoms with van der Waals surface area (Å²) in [4.78, 5) is 16.1. The Morgan fingerprint density at radius 1 is 1.43 bits per heavy atom. The topological polar surface area (TPSA) is 81.1 Å². The number of halogens is 1. The van der Waals surface area contributed by atoms with E-state index in [2.05, 4.69) is 10.3 Å². The molecule has 0 aliphatic heterocycles. The summed E-state index contributed by atoms with van der Waals surface area (Å²) in [6, 6.07) is 5.13. The summed E-state index contributed by atoms with van der Waals surface area (Å²) in [7, 11) is 0. The molecule has 0 aliphatic rings. The molecule has 1 aromatic carbocycles. The van der Waals surface area contributed by atoms with Gasteiger partial charge in [-0.05, 0) is 30.2 Å². The Balaban J connectivity index is 2.06. The van der Waals surface area contributed by atoms with E-state index in [4.69, 9.17) is 10.2 Å². The quantitative estimate of drug-likeness (QED) is 0.886. The molecule has 5 nitrogen and oxygen atoms in total. The van der Waals surface area contributed by atoms with E-state index in [1.165, 1.54) is 30.5 Å². The van der Waals surface area contributed by atoms with E-state index in [-0.39, 0.29) is 23.5 Å². The van der Waals surface area contributed by atoms with Gasteiger partial charge in [-0.3, -0.25) is 4.79 Å². The van der Waals surface area contributed by atoms with Crippen LogP contribution in [0.5, 0.6) is 0 Å². The number of aromatic nitrogens is 1. The number of nitrogens with zero attached hydrogens (tertiary/aromatic N) is 1. The number of hydrogen-bond acceptors (Lipinski definition) is 4. The van der Waals surface area contributed by atoms with E-state index < -0.39 is 5.91 Å². The molecule has 0 spiro atoms. The first-order valence-electron chi connectivity index (χ1n) is 6.79. The minimum Gasteiger partial charge on any atom is -0.446 e. The third-order valence-electron chi connectivity index (χ3n) is 3.40. The van der Waals surface area contributed by atoms with Crippen LogP contribution in [-0.4, -0.2) is 10.9 Å². The molecule has 2 rings (SSSR count). The van der Waals surface area contributed by atoms with Gasteiger partial charge in [-0.25, -0.2) is 9.37 Å². The largest absolute Gasteiger partial charge is 0.446 e. The van der Waals surface area contributed by atoms with Gasteiger partial charge < -0.3 is 15.5 Å². The fourth-order valence-corrected chi connectivity index (χ4v) is 1.77. The number of oxazole rings is 1. The summed E-state index contributed by atoms with van der Waals surface area (Å²) in [5, 5.41) is 2.61. The number of carbonyl (C=O) groups excluding carboxylic acids is 1. The Morgan fingerprint density at radius 3 is 2.71 bits per heavy atom. The standard InChI is InChI=1S/C15H18FN3O2/c1-3-9(2)13(17)15-19-12(8-21-15)14(20)18-11-6-4-10(16)5-7-11/h4-9,13H,3,17H2,1-2H3,(H,18,20). The average Bonchev–Trinajstić information content (AvgIpc) is 2.98. The predicted octanol–water partition coefficient (Wildman–Crippen LogP) is 3.11. The molecule has 0 bridgehead atoms. The van der Waals surface area contributed by atoms with Gasteiger partial charge in [-0.15, -0.1) is 0 Å². The SMILES string of the molecule is CCC(C)C(N)c1nc(C(=O)Nc2ccc(F)cc2)co1. The fraction of sp³-hybridized carbons (Fsp3) is 0.333. The number of amides is 1. The second-order valence-corrected chi connectivity index (χ2v) is 4.94. The van der Waals surface area contributed by atoms with Gasteiger partial charge in [0.2, 0.25) is 5.89 Å². The molecule has 2 atom stereocenters. The monoisotopic (exact) mass is 291 g/mol. The summed E-state index contributed by atoms with van der Waals surface area (Å²) >= 11 is 0. The molecule has 21 heavy (non-hydrogen) atoms. The Hall–Kier alpha value is -2.21. The highest BCUT2D eigenvalue weighted by Gasteiger charge is 2.20. The van der Waals surface area contributed by atoms with Crippen LogP contribution in [0.15, 0.2) is 34.9 Å². The molecule has 0 fully saturated rings. The molecule has 0 saturated carbocycles. The first-order chi connectivity index (χ1) is 10.0. The zero-order chi connectivity index (χ0) is 15.4. The molecule has 112 valence electrons. The van der Waals surface area contributed by atoms with E-state index in [1.807, 2.05) is 13.8 Å². The van der Waals surface area contributed by atoms with Crippen LogP contribution in [0.3, 0.4) is 0 Å². The lowest BCUT2D eigenvalue weighted by atomic mass is 10.0. The number of rotatable bonds is 5. The molecule has 0 aliphatic carbocycles. The zero-order valence-electron chi connectivity index (χ0n) is 12.0. The van der Waals surface area contributed by atoms with Crippen LogP contribution in [0.25, 0.3) is 0 Å². The molecule has 1 aromatic heterocycles. The summed E-state index contributed by atoms with van der Waals surface area (Å²) in [6.07, 6.45) is 2.16. The highest BCUT2D eigenvalue weighted by molar-refractivity contribution is 6.02. The first kappa shape index (κ1) is 15.2. The Labute approximate surface area is 122 Å². The van der Waals surface area contributed by atoms with Crippen molar-refractivity contribution in [3.8, 4) is 0 Å². The minimum absolute atomic E-state index is 0.146. The molecule has 3 N–H and O–H groups in total. The van der Waals surface area contributed by atoms with E-state index in [0.29, 0.717) is 11.6 Å². The second kappa shape index (κ2) is 6.49. The third kappa shape index (κ3) is 3.66. The highest BCUT2D eigenvalue weighted by Crippen LogP contribution is 2.21. The molecule has 2 unspecified atom stereocenters. The van der Waals surface area contributed by atoms with E-state index >= 15 is 0 Å². The third-order valence-corrected chi connectivity index (χ3v) is 3.40. The van der Waals surface area contributed by atoms with E-state index in [9.17, 15) is 9.18 Å². The summed E-state index contributed by atoms with van der Waals surface area (Å²) in [6.45, 7) is 4.02. The number of benzene rings is 1. The maximum absolute atomic E-state index is 12.8. The molecular weight excluding hydrogens is 273 g/mol. The van der Waals surface area contributed by atoms with Crippen molar-refractivity contribution in [2.75, 3.05) is 5.32 Å². The predicted molar refractivity (Wildman–Crippen MR) is 77.2 cm³/mol. The molecule has 1 amide bonds. The van der Waals surface area contributed by atoms with Crippen LogP contribution in [0.4, 0.5) is 10.1 Å². The average molecular weight is 291 g/mol. The van der Waals surface area contributed by atoms with Gasteiger partial charge in [0.05, 0.1) is 6.04 Å². The lowest BCUT2D eigenvalue weighted by Crippen LogP contribution is -2.19. The minimum atomic E-state index is -0.423. The molecule has 0 saturated heterocycles. The maximum Gasteiger partial charge on any atom is 0.277 e. The van der Waals surface area contributed by atoms with Gasteiger partial charge in [0.25, 0.3) is 5.91 Å². The smallest absolute Gasteiger partial charge is 0.277 e. The van der Waals surface area contributed by atoms with E-state index in [1.54, 1.807) is 0 Å². The summed E-state index contributed by atoms with van der Waals surface area (Å²) in [5.41, 5.74) is 6.63. The second-order valence-electron chi connectivity index (χ2n) is 4.94. The Kier molecular flexibility index (Phi) is 4.70. The number of carbonyl (C=O) groups is 1. The van der Waals surface area contributed by atoms with Crippen LogP contribution < -0.4 is 11.1 Å². The Bertz CT molecular complexity index is 610. The van der Waals surface area contributed by atoms with Crippen LogP contribution >= 0.6 is 0 Å². The van der Waals surface area contributed by atoms with Crippen LogP contribution in [0.2, 0.25) is 0 Å². The maximum atomic E-state index is 12.8. The lowest BCUT2D eigenvalue weighted by Gasteiger charge is -2.13. The molecular formula is C15H18FN3O2. The normalized spacial score (nSPS) is 13.7. The van der Waals surface area contributed by atoms with Crippen molar-refractivity contribution in [3.05, 3.63) is 47.9 Å². The Morgan fingerprint density at radius 2 is 2.10 bits per heavy atom. The zero-order valence-corrected chi connectivity index (χ0v) is 12.0. The highest BCUT2D eigenvalue weighted by atomic mass is 19.1. The van der Waals surface area contributed by atoms with Gasteiger partial charge in [-0.1, -0.05) is 20.3 Å². The van der Waals surface area contributed by atoms with Crippen molar-refractivity contribution in [3.63, 3.8) is 0 Å². The van der Waals surface area contributed by atoms with Crippen molar-refractivity contribution < 1.29 is 13.6 Å². The summed E-state index contributed by atoms with van der Waals surface area (Å²) in [5.74, 6) is -0.241. The van der Waals surface area contributed by atoms with Gasteiger partial charge in [0, 0.05) is 5.69 Å². The van der Waals surface area contributed by atoms with Crippen molar-refractivity contribution in [2.45, 2.75) is 26.3 Å². The van der Waals surface area contributed by atoms with Gasteiger partial charge in [-0.2, -0.15) is 0 Å². The van der Waals surface area contributed by atoms with Crippen molar-refractivity contribution in [2.24, 2.45) is 11.7 Å². The van der Waals surface area contributed by atoms with E-state index in [0.717, 1.165) is 6.42 Å². The van der Waals surface area contributed by atoms with Crippen LogP contribution in [0, 0.1) is 11.7 Å². The molecule has 1 heterocycles. The molecule has 0 radical (unpaired) electrons. The first-order valence-corrected chi connectivity index (χ1v) is 6.79. The van der Waals surface area contributed by atoms with Crippen LogP contribution in [-0.2, 0) is 0 Å². The van der Waals surface area contributed by atoms with Gasteiger partial charge >= 0.3 is 0 Å². The molecule has 2 aromatic rings. The molecule has 6 heteroatoms. The van der Waals surface area contributed by atoms with Crippen molar-refractivity contribution in [1.82, 2.24) is 4.98 Å². The van der Waals surface area contributed by atoms with Gasteiger partial charge in [0.15, 0.2) is 5.69 Å². The van der Waals surface area contributed by atoms with Crippen molar-refractivity contribution in [1.29, 1.82) is 0 Å². The number of nitrogens with two attached hydrogens (primary N) is 1. The number of anilines is 1. The lowest BCUT2D eigenvalue weighted by molar-refractivity contribution is 0.102. The van der Waals surface area contributed by atoms with Crippen LogP contribution in [0.1, 0.15) is 42.7 Å².